The third-order valence-electron chi connectivity index (χ3n) is 1.25. The van der Waals surface area contributed by atoms with Crippen LogP contribution in [0.15, 0.2) is 6.07 Å². The third-order valence-corrected chi connectivity index (χ3v) is 2.40. The molecule has 3 nitrogen and oxygen atoms in total. The van der Waals surface area contributed by atoms with Crippen LogP contribution in [-0.4, -0.2) is 17.4 Å². The molecule has 0 aliphatic heterocycles. The van der Waals surface area contributed by atoms with Crippen molar-refractivity contribution in [1.29, 1.82) is 0 Å². The summed E-state index contributed by atoms with van der Waals surface area (Å²) in [6.07, 6.45) is 0.657. The van der Waals surface area contributed by atoms with Crippen LogP contribution >= 0.6 is 11.3 Å². The summed E-state index contributed by atoms with van der Waals surface area (Å²) in [7, 11) is 0. The average Bonchev–Trinajstić information content (AvgIpc) is 2.30. The number of aldehydes is 1. The maximum atomic E-state index is 10.4. The van der Waals surface area contributed by atoms with Crippen LogP contribution in [0.1, 0.15) is 24.9 Å². The third kappa shape index (κ3) is 1.46. The maximum Gasteiger partial charge on any atom is 0.346 e. The molecule has 0 aliphatic carbocycles. The molecule has 0 amide bonds. The molecule has 0 saturated carbocycles. The number of carbonyl (C=O) groups excluding carboxylic acids is 1. The van der Waals surface area contributed by atoms with Gasteiger partial charge in [0.1, 0.15) is 4.88 Å². The minimum absolute atomic E-state index is 0.243. The molecule has 0 saturated heterocycles. The Labute approximate surface area is 67.3 Å². The topological polar surface area (TPSA) is 54.4 Å². The molecule has 11 heavy (non-hydrogen) atoms. The Hall–Kier alpha value is -1.16. The first kappa shape index (κ1) is 7.94. The lowest BCUT2D eigenvalue weighted by atomic mass is 10.3. The largest absolute Gasteiger partial charge is 0.477 e. The van der Waals surface area contributed by atoms with Crippen molar-refractivity contribution in [1.82, 2.24) is 0 Å². The molecule has 0 aliphatic rings. The van der Waals surface area contributed by atoms with Crippen molar-refractivity contribution in [3.63, 3.8) is 0 Å². The molecule has 0 atom stereocenters. The number of thiophene rings is 1. The molecule has 1 aromatic heterocycles. The van der Waals surface area contributed by atoms with Crippen molar-refractivity contribution in [2.45, 2.75) is 6.92 Å². The van der Waals surface area contributed by atoms with Crippen LogP contribution in [0.4, 0.5) is 0 Å². The van der Waals surface area contributed by atoms with Gasteiger partial charge in [-0.2, -0.15) is 0 Å². The number of carboxylic acid groups (broad SMARTS) is 1. The predicted octanol–water partition coefficient (Wildman–Crippen LogP) is 1.57. The van der Waals surface area contributed by atoms with Crippen LogP contribution in [0, 0.1) is 6.92 Å². The summed E-state index contributed by atoms with van der Waals surface area (Å²) >= 11 is 1.000. The fraction of sp³-hybridized carbons (Fsp3) is 0.143. The summed E-state index contributed by atoms with van der Waals surface area (Å²) in [5.41, 5.74) is 0.643. The van der Waals surface area contributed by atoms with E-state index < -0.39 is 5.97 Å². The highest BCUT2D eigenvalue weighted by molar-refractivity contribution is 7.15. The van der Waals surface area contributed by atoms with Gasteiger partial charge in [0, 0.05) is 0 Å². The van der Waals surface area contributed by atoms with Gasteiger partial charge in [-0.15, -0.1) is 11.3 Å². The second-order valence-corrected chi connectivity index (χ2v) is 3.17. The van der Waals surface area contributed by atoms with Gasteiger partial charge in [0.2, 0.25) is 0 Å². The van der Waals surface area contributed by atoms with Crippen molar-refractivity contribution in [3.05, 3.63) is 21.4 Å². The number of carbonyl (C=O) groups is 2. The van der Waals surface area contributed by atoms with Gasteiger partial charge in [0.05, 0.1) is 4.88 Å². The van der Waals surface area contributed by atoms with Gasteiger partial charge >= 0.3 is 5.97 Å². The van der Waals surface area contributed by atoms with Gasteiger partial charge in [0.25, 0.3) is 0 Å². The zero-order valence-corrected chi connectivity index (χ0v) is 6.64. The van der Waals surface area contributed by atoms with Crippen molar-refractivity contribution in [2.24, 2.45) is 0 Å². The first-order valence-electron chi connectivity index (χ1n) is 2.94. The van der Waals surface area contributed by atoms with Gasteiger partial charge in [-0.25, -0.2) is 4.79 Å². The molecule has 0 unspecified atom stereocenters. The predicted molar refractivity (Wildman–Crippen MR) is 41.4 cm³/mol. The lowest BCUT2D eigenvalue weighted by Crippen LogP contribution is -1.93. The molecule has 1 N–H and O–H groups in total. The minimum Gasteiger partial charge on any atom is -0.477 e. The number of aromatic carboxylic acids is 1. The number of rotatable bonds is 2. The van der Waals surface area contributed by atoms with E-state index in [-0.39, 0.29) is 4.88 Å². The molecule has 1 aromatic rings. The molecule has 4 heteroatoms. The Morgan fingerprint density at radius 1 is 1.73 bits per heavy atom. The monoisotopic (exact) mass is 170 g/mol. The van der Waals surface area contributed by atoms with E-state index in [1.54, 1.807) is 13.0 Å². The molecule has 1 rings (SSSR count). The Morgan fingerprint density at radius 2 is 2.36 bits per heavy atom. The highest BCUT2D eigenvalue weighted by Crippen LogP contribution is 2.19. The van der Waals surface area contributed by atoms with Crippen molar-refractivity contribution >= 4 is 23.6 Å². The lowest BCUT2D eigenvalue weighted by molar-refractivity contribution is 0.0701. The normalized spacial score (nSPS) is 9.55. The SMILES string of the molecule is Cc1cc(C=O)sc1C(=O)O. The molecule has 0 radical (unpaired) electrons. The number of carboxylic acids is 1. The lowest BCUT2D eigenvalue weighted by Gasteiger charge is -1.86. The first-order chi connectivity index (χ1) is 5.15. The highest BCUT2D eigenvalue weighted by atomic mass is 32.1. The molecular formula is C7H6O3S. The summed E-state index contributed by atoms with van der Waals surface area (Å²) in [5, 5.41) is 8.57. The minimum atomic E-state index is -0.972. The maximum absolute atomic E-state index is 10.4. The smallest absolute Gasteiger partial charge is 0.346 e. The van der Waals surface area contributed by atoms with Crippen molar-refractivity contribution < 1.29 is 14.7 Å². The van der Waals surface area contributed by atoms with Gasteiger partial charge in [0.15, 0.2) is 6.29 Å². The number of hydrogen-bond acceptors (Lipinski definition) is 3. The van der Waals surface area contributed by atoms with E-state index >= 15 is 0 Å². The first-order valence-corrected chi connectivity index (χ1v) is 3.75. The fourth-order valence-corrected chi connectivity index (χ4v) is 1.60. The van der Waals surface area contributed by atoms with Crippen LogP contribution < -0.4 is 0 Å². The van der Waals surface area contributed by atoms with E-state index in [0.717, 1.165) is 11.3 Å². The van der Waals surface area contributed by atoms with Crippen molar-refractivity contribution in [3.8, 4) is 0 Å². The summed E-state index contributed by atoms with van der Waals surface area (Å²) in [6.45, 7) is 1.67. The molecule has 0 fully saturated rings. The Morgan fingerprint density at radius 3 is 2.64 bits per heavy atom. The Balaban J connectivity index is 3.16. The summed E-state index contributed by atoms with van der Waals surface area (Å²) < 4.78 is 0. The molecule has 58 valence electrons. The van der Waals surface area contributed by atoms with Crippen LogP contribution in [0.25, 0.3) is 0 Å². The van der Waals surface area contributed by atoms with Gasteiger partial charge in [-0.1, -0.05) is 0 Å². The van der Waals surface area contributed by atoms with E-state index in [4.69, 9.17) is 5.11 Å². The molecule has 0 bridgehead atoms. The molecular weight excluding hydrogens is 164 g/mol. The van der Waals surface area contributed by atoms with Crippen LogP contribution in [-0.2, 0) is 0 Å². The Kier molecular flexibility index (Phi) is 2.05. The second-order valence-electron chi connectivity index (χ2n) is 2.08. The van der Waals surface area contributed by atoms with Gasteiger partial charge < -0.3 is 5.11 Å². The molecule has 0 spiro atoms. The summed E-state index contributed by atoms with van der Waals surface area (Å²) in [4.78, 5) is 21.4. The fourth-order valence-electron chi connectivity index (χ4n) is 0.777. The van der Waals surface area contributed by atoms with E-state index in [1.807, 2.05) is 0 Å². The van der Waals surface area contributed by atoms with E-state index in [9.17, 15) is 9.59 Å². The van der Waals surface area contributed by atoms with Crippen LogP contribution in [0.5, 0.6) is 0 Å². The average molecular weight is 170 g/mol. The number of aryl methyl sites for hydroxylation is 1. The number of hydrogen-bond donors (Lipinski definition) is 1. The second kappa shape index (κ2) is 2.84. The van der Waals surface area contributed by atoms with Crippen LogP contribution in [0.3, 0.4) is 0 Å². The van der Waals surface area contributed by atoms with Gasteiger partial charge in [-0.3, -0.25) is 4.79 Å². The highest BCUT2D eigenvalue weighted by Gasteiger charge is 2.10. The van der Waals surface area contributed by atoms with E-state index in [0.29, 0.717) is 16.7 Å². The van der Waals surface area contributed by atoms with Crippen molar-refractivity contribution in [2.75, 3.05) is 0 Å². The van der Waals surface area contributed by atoms with Crippen LogP contribution in [0.2, 0.25) is 0 Å². The summed E-state index contributed by atoms with van der Waals surface area (Å²) in [5.74, 6) is -0.972. The van der Waals surface area contributed by atoms with Gasteiger partial charge in [-0.05, 0) is 18.6 Å². The quantitative estimate of drug-likeness (QED) is 0.685. The zero-order valence-electron chi connectivity index (χ0n) is 5.83. The standard InChI is InChI=1S/C7H6O3S/c1-4-2-5(3-8)11-6(4)7(9)10/h2-3H,1H3,(H,9,10). The zero-order chi connectivity index (χ0) is 8.43. The van der Waals surface area contributed by atoms with E-state index in [2.05, 4.69) is 0 Å². The molecule has 1 heterocycles. The Bertz CT molecular complexity index is 301. The summed E-state index contributed by atoms with van der Waals surface area (Å²) in [6, 6.07) is 1.57. The molecule has 0 aromatic carbocycles. The van der Waals surface area contributed by atoms with E-state index in [1.165, 1.54) is 0 Å².